The zero-order valence-corrected chi connectivity index (χ0v) is 15.2. The summed E-state index contributed by atoms with van der Waals surface area (Å²) in [6.07, 6.45) is 1.46. The Balaban J connectivity index is 0.000000336. The lowest BCUT2D eigenvalue weighted by atomic mass is 10.1. The Labute approximate surface area is 162 Å². The number of carbonyl (C=O) groups excluding carboxylic acids is 1. The summed E-state index contributed by atoms with van der Waals surface area (Å²) in [4.78, 5) is 16.5. The third kappa shape index (κ3) is 6.14. The van der Waals surface area contributed by atoms with Crippen LogP contribution in [0.5, 0.6) is 5.75 Å². The number of benzene rings is 1. The third-order valence-corrected chi connectivity index (χ3v) is 4.53. The fraction of sp³-hybridized carbons (Fsp3) is 0.294. The fourth-order valence-corrected chi connectivity index (χ4v) is 3.09. The van der Waals surface area contributed by atoms with Gasteiger partial charge in [-0.1, -0.05) is 17.4 Å². The Morgan fingerprint density at radius 2 is 2.00 bits per heavy atom. The van der Waals surface area contributed by atoms with Crippen LogP contribution in [-0.2, 0) is 4.79 Å². The summed E-state index contributed by atoms with van der Waals surface area (Å²) >= 11 is 1.08. The molecule has 146 valence electrons. The van der Waals surface area contributed by atoms with E-state index in [0.29, 0.717) is 22.0 Å². The van der Waals surface area contributed by atoms with E-state index in [1.807, 2.05) is 0 Å². The zero-order chi connectivity index (χ0) is 20.6. The Morgan fingerprint density at radius 3 is 2.54 bits per heavy atom. The molecule has 1 N–H and O–H groups in total. The van der Waals surface area contributed by atoms with Gasteiger partial charge in [-0.2, -0.15) is 10.5 Å². The first-order valence-corrected chi connectivity index (χ1v) is 8.79. The van der Waals surface area contributed by atoms with Gasteiger partial charge in [-0.05, 0) is 30.5 Å². The van der Waals surface area contributed by atoms with Crippen molar-refractivity contribution in [1.29, 1.82) is 10.5 Å². The number of thiazole rings is 1. The minimum atomic E-state index is -4.89. The van der Waals surface area contributed by atoms with Gasteiger partial charge in [-0.15, -0.1) is 13.2 Å². The van der Waals surface area contributed by atoms with Crippen LogP contribution in [0.15, 0.2) is 24.4 Å². The number of nitriles is 2. The zero-order valence-electron chi connectivity index (χ0n) is 14.4. The SMILES string of the molecule is N#CN1CCCC1.N#Cc1ccc(-c2cnc(NC=O)s2)cc1OC(F)(F)F. The quantitative estimate of drug-likeness (QED) is 0.610. The first-order valence-electron chi connectivity index (χ1n) is 7.97. The van der Waals surface area contributed by atoms with Crippen molar-refractivity contribution < 1.29 is 22.7 Å². The molecular formula is C17H14F3N5O2S. The molecule has 0 unspecified atom stereocenters. The Hall–Kier alpha value is -3.31. The van der Waals surface area contributed by atoms with Crippen molar-refractivity contribution in [2.45, 2.75) is 19.2 Å². The van der Waals surface area contributed by atoms with E-state index in [0.717, 1.165) is 30.5 Å². The van der Waals surface area contributed by atoms with Crippen LogP contribution in [0, 0.1) is 22.8 Å². The lowest BCUT2D eigenvalue weighted by Gasteiger charge is -2.11. The average molecular weight is 409 g/mol. The van der Waals surface area contributed by atoms with Crippen LogP contribution in [-0.4, -0.2) is 35.7 Å². The van der Waals surface area contributed by atoms with Crippen molar-refractivity contribution in [3.63, 3.8) is 0 Å². The smallest absolute Gasteiger partial charge is 0.404 e. The minimum absolute atomic E-state index is 0.230. The summed E-state index contributed by atoms with van der Waals surface area (Å²) in [5.74, 6) is -0.583. The second-order valence-corrected chi connectivity index (χ2v) is 6.49. The number of carbonyl (C=O) groups is 1. The number of anilines is 1. The molecule has 1 saturated heterocycles. The molecule has 0 radical (unpaired) electrons. The number of amides is 1. The van der Waals surface area contributed by atoms with Gasteiger partial charge in [-0.3, -0.25) is 4.79 Å². The van der Waals surface area contributed by atoms with Crippen LogP contribution in [0.25, 0.3) is 10.4 Å². The highest BCUT2D eigenvalue weighted by molar-refractivity contribution is 7.19. The predicted molar refractivity (Wildman–Crippen MR) is 95.1 cm³/mol. The molecule has 2 aromatic rings. The van der Waals surface area contributed by atoms with Crippen molar-refractivity contribution in [1.82, 2.24) is 9.88 Å². The summed E-state index contributed by atoms with van der Waals surface area (Å²) in [6.45, 7) is 1.97. The molecule has 0 aliphatic carbocycles. The molecule has 2 heterocycles. The topological polar surface area (TPSA) is 102 Å². The molecule has 0 saturated carbocycles. The van der Waals surface area contributed by atoms with Gasteiger partial charge in [0.2, 0.25) is 6.41 Å². The highest BCUT2D eigenvalue weighted by Crippen LogP contribution is 2.34. The van der Waals surface area contributed by atoms with Gasteiger partial charge >= 0.3 is 6.36 Å². The molecule has 11 heteroatoms. The van der Waals surface area contributed by atoms with Gasteiger partial charge in [0.15, 0.2) is 11.3 Å². The number of hydrogen-bond acceptors (Lipinski definition) is 7. The average Bonchev–Trinajstić information content (AvgIpc) is 3.33. The fourth-order valence-electron chi connectivity index (χ4n) is 2.32. The molecule has 1 aliphatic heterocycles. The van der Waals surface area contributed by atoms with E-state index in [2.05, 4.69) is 21.2 Å². The summed E-state index contributed by atoms with van der Waals surface area (Å²) < 4.78 is 40.7. The van der Waals surface area contributed by atoms with Crippen LogP contribution in [0.3, 0.4) is 0 Å². The number of alkyl halides is 3. The number of hydrogen-bond donors (Lipinski definition) is 1. The Kier molecular flexibility index (Phi) is 7.18. The minimum Gasteiger partial charge on any atom is -0.404 e. The maximum Gasteiger partial charge on any atom is 0.573 e. The maximum atomic E-state index is 12.3. The van der Waals surface area contributed by atoms with Crippen molar-refractivity contribution >= 4 is 22.9 Å². The first kappa shape index (κ1) is 21.0. The largest absolute Gasteiger partial charge is 0.573 e. The molecule has 3 rings (SSSR count). The molecule has 1 aromatic carbocycles. The van der Waals surface area contributed by atoms with Crippen LogP contribution in [0.2, 0.25) is 0 Å². The van der Waals surface area contributed by atoms with E-state index in [1.54, 1.807) is 11.0 Å². The monoisotopic (exact) mass is 409 g/mol. The second kappa shape index (κ2) is 9.58. The van der Waals surface area contributed by atoms with Gasteiger partial charge < -0.3 is 15.0 Å². The van der Waals surface area contributed by atoms with E-state index in [-0.39, 0.29) is 5.56 Å². The highest BCUT2D eigenvalue weighted by atomic mass is 32.1. The Bertz CT molecular complexity index is 895. The summed E-state index contributed by atoms with van der Waals surface area (Å²) in [5.41, 5.74) is 0.163. The molecule has 1 fully saturated rings. The van der Waals surface area contributed by atoms with Crippen molar-refractivity contribution in [2.24, 2.45) is 0 Å². The molecule has 0 bridgehead atoms. The molecule has 28 heavy (non-hydrogen) atoms. The van der Waals surface area contributed by atoms with Gasteiger partial charge in [-0.25, -0.2) is 4.98 Å². The number of likely N-dealkylation sites (tertiary alicyclic amines) is 1. The molecule has 0 atom stereocenters. The standard InChI is InChI=1S/C12H6F3N3O2S.C5H8N2/c13-12(14,15)20-9-3-7(1-2-8(9)4-16)10-5-17-11(21-10)18-6-19;6-5-7-3-1-2-4-7/h1-3,5-6H,(H,17,18,19);1-4H2. The van der Waals surface area contributed by atoms with Crippen LogP contribution >= 0.6 is 11.3 Å². The van der Waals surface area contributed by atoms with E-state index < -0.39 is 12.1 Å². The highest BCUT2D eigenvalue weighted by Gasteiger charge is 2.32. The predicted octanol–water partition coefficient (Wildman–Crippen LogP) is 3.71. The maximum absolute atomic E-state index is 12.3. The summed E-state index contributed by atoms with van der Waals surface area (Å²) in [7, 11) is 0. The number of nitrogens with zero attached hydrogens (tertiary/aromatic N) is 4. The molecular weight excluding hydrogens is 395 g/mol. The van der Waals surface area contributed by atoms with Crippen molar-refractivity contribution in [3.8, 4) is 28.5 Å². The van der Waals surface area contributed by atoms with E-state index in [1.165, 1.54) is 31.2 Å². The van der Waals surface area contributed by atoms with Crippen molar-refractivity contribution in [2.75, 3.05) is 18.4 Å². The van der Waals surface area contributed by atoms with Crippen molar-refractivity contribution in [3.05, 3.63) is 30.0 Å². The lowest BCUT2D eigenvalue weighted by molar-refractivity contribution is -0.274. The summed E-state index contributed by atoms with van der Waals surface area (Å²) in [5, 5.41) is 19.7. The van der Waals surface area contributed by atoms with Crippen LogP contribution in [0.1, 0.15) is 18.4 Å². The number of rotatable bonds is 4. The number of aromatic nitrogens is 1. The second-order valence-electron chi connectivity index (χ2n) is 5.46. The van der Waals surface area contributed by atoms with E-state index in [4.69, 9.17) is 10.5 Å². The first-order chi connectivity index (χ1) is 13.4. The molecule has 0 spiro atoms. The number of ether oxygens (including phenoxy) is 1. The van der Waals surface area contributed by atoms with Gasteiger partial charge in [0.1, 0.15) is 11.8 Å². The number of halogens is 3. The van der Waals surface area contributed by atoms with Crippen LogP contribution < -0.4 is 10.1 Å². The number of nitrogens with one attached hydrogen (secondary N) is 1. The molecule has 1 aliphatic rings. The van der Waals surface area contributed by atoms with E-state index >= 15 is 0 Å². The van der Waals surface area contributed by atoms with Gasteiger partial charge in [0.05, 0.1) is 10.4 Å². The Morgan fingerprint density at radius 1 is 1.29 bits per heavy atom. The van der Waals surface area contributed by atoms with E-state index in [9.17, 15) is 18.0 Å². The molecule has 7 nitrogen and oxygen atoms in total. The molecule has 1 aromatic heterocycles. The lowest BCUT2D eigenvalue weighted by Crippen LogP contribution is -2.17. The van der Waals surface area contributed by atoms with Gasteiger partial charge in [0, 0.05) is 19.3 Å². The third-order valence-electron chi connectivity index (χ3n) is 3.55. The normalized spacial score (nSPS) is 13.0. The summed E-state index contributed by atoms with van der Waals surface area (Å²) in [6, 6.07) is 5.43. The van der Waals surface area contributed by atoms with Crippen LogP contribution in [0.4, 0.5) is 18.3 Å². The molecule has 1 amide bonds. The van der Waals surface area contributed by atoms with Gasteiger partial charge in [0.25, 0.3) is 0 Å².